The van der Waals surface area contributed by atoms with Gasteiger partial charge in [0.2, 0.25) is 0 Å². The Balaban J connectivity index is 4.10. The number of phosphoric ester groups is 1. The van der Waals surface area contributed by atoms with Gasteiger partial charge in [-0.3, -0.25) is 18.6 Å². The topological polar surface area (TPSA) is 134 Å². The van der Waals surface area contributed by atoms with Crippen LogP contribution in [0.15, 0.2) is 146 Å². The fourth-order valence-electron chi connectivity index (χ4n) is 7.75. The first-order chi connectivity index (χ1) is 37.8. The zero-order chi connectivity index (χ0) is 55.9. The van der Waals surface area contributed by atoms with Crippen LogP contribution in [-0.2, 0) is 32.7 Å². The zero-order valence-corrected chi connectivity index (χ0v) is 49.5. The third-order valence-corrected chi connectivity index (χ3v) is 13.2. The normalized spacial score (nSPS) is 14.1. The molecule has 2 atom stereocenters. The highest BCUT2D eigenvalue weighted by Gasteiger charge is 2.26. The van der Waals surface area contributed by atoms with Gasteiger partial charge >= 0.3 is 19.8 Å². The number of rotatable bonds is 55. The molecule has 77 heavy (non-hydrogen) atoms. The number of esters is 2. The molecule has 3 N–H and O–H groups in total. The van der Waals surface area contributed by atoms with Gasteiger partial charge in [-0.1, -0.05) is 243 Å². The second kappa shape index (κ2) is 61.1. The predicted molar refractivity (Wildman–Crippen MR) is 330 cm³/mol. The lowest BCUT2D eigenvalue weighted by Crippen LogP contribution is -2.29. The number of allylic oxidation sites excluding steroid dienone is 24. The van der Waals surface area contributed by atoms with E-state index in [1.54, 1.807) is 0 Å². The fourth-order valence-corrected chi connectivity index (χ4v) is 8.52. The van der Waals surface area contributed by atoms with E-state index >= 15 is 0 Å². The van der Waals surface area contributed by atoms with Crippen LogP contribution in [0.25, 0.3) is 0 Å². The van der Waals surface area contributed by atoms with Crippen molar-refractivity contribution >= 4 is 19.8 Å². The average molecular weight is 1090 g/mol. The maximum absolute atomic E-state index is 12.7. The molecule has 0 saturated carbocycles. The van der Waals surface area contributed by atoms with Crippen molar-refractivity contribution in [3.05, 3.63) is 146 Å². The van der Waals surface area contributed by atoms with E-state index in [2.05, 4.69) is 160 Å². The second-order valence-corrected chi connectivity index (χ2v) is 20.9. The summed E-state index contributed by atoms with van der Waals surface area (Å²) in [6.45, 7) is 3.57. The minimum Gasteiger partial charge on any atom is -0.462 e. The van der Waals surface area contributed by atoms with Gasteiger partial charge in [-0.2, -0.15) is 0 Å². The van der Waals surface area contributed by atoms with E-state index in [0.29, 0.717) is 6.42 Å². The van der Waals surface area contributed by atoms with Gasteiger partial charge in [-0.15, -0.1) is 0 Å². The van der Waals surface area contributed by atoms with E-state index in [1.807, 2.05) is 0 Å². The highest BCUT2D eigenvalue weighted by atomic mass is 31.2. The first-order valence-corrected chi connectivity index (χ1v) is 31.8. The first-order valence-electron chi connectivity index (χ1n) is 30.3. The number of carbonyl (C=O) groups excluding carboxylic acids is 2. The Bertz CT molecular complexity index is 1770. The highest BCUT2D eigenvalue weighted by Crippen LogP contribution is 2.43. The molecule has 0 rings (SSSR count). The summed E-state index contributed by atoms with van der Waals surface area (Å²) in [6, 6.07) is 0. The second-order valence-electron chi connectivity index (χ2n) is 19.5. The Morgan fingerprint density at radius 3 is 1.09 bits per heavy atom. The molecule has 0 bridgehead atoms. The van der Waals surface area contributed by atoms with Crippen molar-refractivity contribution < 1.29 is 37.6 Å². The third-order valence-electron chi connectivity index (χ3n) is 12.2. The number of hydrogen-bond acceptors (Lipinski definition) is 8. The molecule has 0 radical (unpaired) electrons. The number of unbranched alkanes of at least 4 members (excludes halogenated alkanes) is 18. The van der Waals surface area contributed by atoms with Crippen molar-refractivity contribution in [3.8, 4) is 0 Å². The van der Waals surface area contributed by atoms with E-state index in [9.17, 15) is 19.0 Å². The summed E-state index contributed by atoms with van der Waals surface area (Å²) in [5.74, 6) is -0.877. The molecule has 0 aromatic heterocycles. The number of carbonyl (C=O) groups is 2. The largest absolute Gasteiger partial charge is 0.472 e. The summed E-state index contributed by atoms with van der Waals surface area (Å²) in [7, 11) is -4.41. The van der Waals surface area contributed by atoms with E-state index in [4.69, 9.17) is 24.3 Å². The lowest BCUT2D eigenvalue weighted by atomic mass is 10.1. The maximum Gasteiger partial charge on any atom is 0.472 e. The maximum atomic E-state index is 12.7. The van der Waals surface area contributed by atoms with E-state index in [-0.39, 0.29) is 32.6 Å². The van der Waals surface area contributed by atoms with Crippen molar-refractivity contribution in [2.24, 2.45) is 5.73 Å². The number of nitrogens with two attached hydrogens (primary N) is 1. The van der Waals surface area contributed by atoms with Gasteiger partial charge in [0.05, 0.1) is 13.2 Å². The standard InChI is InChI=1S/C67H110NO8P/c1-3-5-7-9-11-13-15-17-19-21-23-24-25-26-27-28-29-30-31-32-33-34-35-36-37-38-39-40-42-44-46-48-50-52-54-56-58-60-67(70)76-65(64-75-77(71,72)74-62-61-68)63-73-66(69)59-57-55-53-51-49-47-45-43-41-22-20-18-16-14-12-10-8-6-4-2/h5,7,11,13,17-20,23-24,26-27,29-30,32-33,35-36,38-39,42,44,48,50,65H,3-4,6,8-10,12,14-16,21-22,25,28,31,34,37,40-41,43,45-47,49,51-64,68H2,1-2H3,(H,71,72)/b7-5-,13-11-,19-17-,20-18-,24-23-,27-26-,30-29-,33-32-,36-35-,39-38-,44-42-,50-48-. The van der Waals surface area contributed by atoms with E-state index < -0.39 is 32.5 Å². The Labute approximate surface area is 471 Å². The molecule has 0 amide bonds. The minimum absolute atomic E-state index is 0.0401. The van der Waals surface area contributed by atoms with Crippen molar-refractivity contribution in [2.45, 2.75) is 238 Å². The molecule has 0 spiro atoms. The third kappa shape index (κ3) is 61.0. The number of hydrogen-bond donors (Lipinski definition) is 2. The number of phosphoric acid groups is 1. The summed E-state index contributed by atoms with van der Waals surface area (Å²) >= 11 is 0. The summed E-state index contributed by atoms with van der Waals surface area (Å²) in [5, 5.41) is 0. The molecule has 9 nitrogen and oxygen atoms in total. The van der Waals surface area contributed by atoms with Crippen LogP contribution < -0.4 is 5.73 Å². The smallest absolute Gasteiger partial charge is 0.462 e. The van der Waals surface area contributed by atoms with E-state index in [1.165, 1.54) is 83.5 Å². The van der Waals surface area contributed by atoms with Gasteiger partial charge in [-0.05, 0) is 122 Å². The molecule has 436 valence electrons. The lowest BCUT2D eigenvalue weighted by molar-refractivity contribution is -0.161. The Morgan fingerprint density at radius 1 is 0.403 bits per heavy atom. The highest BCUT2D eigenvalue weighted by molar-refractivity contribution is 7.47. The molecule has 0 aliphatic carbocycles. The van der Waals surface area contributed by atoms with Crippen LogP contribution in [0.3, 0.4) is 0 Å². The van der Waals surface area contributed by atoms with E-state index in [0.717, 1.165) is 116 Å². The fraction of sp³-hybridized carbons (Fsp3) is 0.612. The van der Waals surface area contributed by atoms with Crippen LogP contribution in [0.1, 0.15) is 232 Å². The molecule has 0 saturated heterocycles. The molecule has 0 aromatic carbocycles. The summed E-state index contributed by atoms with van der Waals surface area (Å²) in [6.07, 6.45) is 87.6. The summed E-state index contributed by atoms with van der Waals surface area (Å²) in [4.78, 5) is 35.2. The quantitative estimate of drug-likeness (QED) is 0.0264. The molecule has 0 aromatic rings. The SMILES string of the molecule is CC/C=C\C/C=C\C/C=C\C/C=C\C/C=C\C/C=C\C/C=C\C/C=C\C/C=C\C/C=C\C/C=C\CCCCCC(=O)OC(COC(=O)CCCCCCCCCCC/C=C\CCCCCCCC)COP(=O)(O)OCCN. The van der Waals surface area contributed by atoms with Gasteiger partial charge in [0.1, 0.15) is 6.61 Å². The van der Waals surface area contributed by atoms with Crippen molar-refractivity contribution in [3.63, 3.8) is 0 Å². The van der Waals surface area contributed by atoms with Crippen LogP contribution in [0, 0.1) is 0 Å². The summed E-state index contributed by atoms with van der Waals surface area (Å²) < 4.78 is 33.0. The van der Waals surface area contributed by atoms with Crippen molar-refractivity contribution in [2.75, 3.05) is 26.4 Å². The zero-order valence-electron chi connectivity index (χ0n) is 48.6. The van der Waals surface area contributed by atoms with Crippen molar-refractivity contribution in [1.82, 2.24) is 0 Å². The Kier molecular flexibility index (Phi) is 57.8. The molecule has 10 heteroatoms. The van der Waals surface area contributed by atoms with Crippen LogP contribution >= 0.6 is 7.82 Å². The van der Waals surface area contributed by atoms with Crippen molar-refractivity contribution in [1.29, 1.82) is 0 Å². The summed E-state index contributed by atoms with van der Waals surface area (Å²) in [5.41, 5.74) is 5.38. The number of ether oxygens (including phenoxy) is 2. The van der Waals surface area contributed by atoms with Gasteiger partial charge in [0, 0.05) is 19.4 Å². The first kappa shape index (κ1) is 72.9. The van der Waals surface area contributed by atoms with Gasteiger partial charge < -0.3 is 20.1 Å². The molecule has 0 heterocycles. The molecular formula is C67H110NO8P. The minimum atomic E-state index is -4.41. The Hall–Kier alpha value is -4.11. The van der Waals surface area contributed by atoms with Gasteiger partial charge in [-0.25, -0.2) is 4.57 Å². The van der Waals surface area contributed by atoms with Crippen LogP contribution in [0.2, 0.25) is 0 Å². The van der Waals surface area contributed by atoms with Crippen LogP contribution in [0.5, 0.6) is 0 Å². The molecule has 0 fully saturated rings. The van der Waals surface area contributed by atoms with Gasteiger partial charge in [0.25, 0.3) is 0 Å². The molecule has 2 unspecified atom stereocenters. The van der Waals surface area contributed by atoms with Crippen LogP contribution in [0.4, 0.5) is 0 Å². The molecule has 0 aliphatic rings. The Morgan fingerprint density at radius 2 is 0.714 bits per heavy atom. The van der Waals surface area contributed by atoms with Crippen LogP contribution in [-0.4, -0.2) is 49.3 Å². The average Bonchev–Trinajstić information content (AvgIpc) is 3.42. The predicted octanol–water partition coefficient (Wildman–Crippen LogP) is 19.5. The van der Waals surface area contributed by atoms with Gasteiger partial charge in [0.15, 0.2) is 6.10 Å². The monoisotopic (exact) mass is 1090 g/mol. The molecule has 0 aliphatic heterocycles. The molecular weight excluding hydrogens is 978 g/mol. The lowest BCUT2D eigenvalue weighted by Gasteiger charge is -2.19.